The number of nitrogens with one attached hydrogen (secondary N) is 1. The highest BCUT2D eigenvalue weighted by Crippen LogP contribution is 2.20. The Hall–Kier alpha value is -3.22. The minimum Gasteiger partial charge on any atom is -0.478 e. The highest BCUT2D eigenvalue weighted by atomic mass is 16.6. The maximum absolute atomic E-state index is 12.2. The molecule has 0 unspecified atom stereocenters. The second kappa shape index (κ2) is 6.04. The third kappa shape index (κ3) is 3.26. The van der Waals surface area contributed by atoms with E-state index in [0.717, 1.165) is 23.8 Å². The predicted molar refractivity (Wildman–Crippen MR) is 79.2 cm³/mol. The van der Waals surface area contributed by atoms with E-state index in [9.17, 15) is 19.7 Å². The number of nitro benzene ring substituents is 1. The summed E-state index contributed by atoms with van der Waals surface area (Å²) in [5.74, 6) is -2.05. The average molecular weight is 300 g/mol. The molecule has 22 heavy (non-hydrogen) atoms. The van der Waals surface area contributed by atoms with Crippen LogP contribution in [0.5, 0.6) is 0 Å². The van der Waals surface area contributed by atoms with Crippen LogP contribution in [0, 0.1) is 17.0 Å². The van der Waals surface area contributed by atoms with Gasteiger partial charge >= 0.3 is 5.97 Å². The van der Waals surface area contributed by atoms with Gasteiger partial charge in [-0.2, -0.15) is 0 Å². The quantitative estimate of drug-likeness (QED) is 0.666. The van der Waals surface area contributed by atoms with Crippen molar-refractivity contribution in [3.05, 3.63) is 69.3 Å². The van der Waals surface area contributed by atoms with Crippen LogP contribution in [0.4, 0.5) is 11.4 Å². The van der Waals surface area contributed by atoms with Crippen molar-refractivity contribution in [1.29, 1.82) is 0 Å². The van der Waals surface area contributed by atoms with Gasteiger partial charge < -0.3 is 10.4 Å². The zero-order chi connectivity index (χ0) is 16.3. The lowest BCUT2D eigenvalue weighted by Crippen LogP contribution is -2.16. The molecular formula is C15H12N2O5. The minimum absolute atomic E-state index is 0.261. The Balaban J connectivity index is 2.40. The van der Waals surface area contributed by atoms with Crippen LogP contribution in [-0.4, -0.2) is 21.9 Å². The highest BCUT2D eigenvalue weighted by Gasteiger charge is 2.20. The number of amides is 1. The number of non-ortho nitro benzene ring substituents is 1. The molecular weight excluding hydrogens is 288 g/mol. The van der Waals surface area contributed by atoms with Crippen molar-refractivity contribution in [1.82, 2.24) is 0 Å². The first-order chi connectivity index (χ1) is 10.4. The Morgan fingerprint density at radius 2 is 1.86 bits per heavy atom. The number of aromatic carboxylic acids is 1. The second-order valence-corrected chi connectivity index (χ2v) is 4.62. The molecule has 0 saturated carbocycles. The van der Waals surface area contributed by atoms with Gasteiger partial charge in [-0.25, -0.2) is 4.79 Å². The number of benzene rings is 2. The van der Waals surface area contributed by atoms with Crippen molar-refractivity contribution in [2.75, 3.05) is 5.32 Å². The van der Waals surface area contributed by atoms with Gasteiger partial charge in [-0.15, -0.1) is 0 Å². The van der Waals surface area contributed by atoms with Crippen LogP contribution in [0.15, 0.2) is 42.5 Å². The van der Waals surface area contributed by atoms with E-state index in [4.69, 9.17) is 5.11 Å². The molecule has 0 aromatic heterocycles. The molecule has 0 radical (unpaired) electrons. The van der Waals surface area contributed by atoms with Gasteiger partial charge in [-0.1, -0.05) is 12.1 Å². The lowest BCUT2D eigenvalue weighted by Gasteiger charge is -2.08. The van der Waals surface area contributed by atoms with Gasteiger partial charge in [0.25, 0.3) is 11.6 Å². The zero-order valence-electron chi connectivity index (χ0n) is 11.6. The molecule has 0 saturated heterocycles. The molecule has 0 heterocycles. The second-order valence-electron chi connectivity index (χ2n) is 4.62. The molecule has 1 amide bonds. The molecule has 0 fully saturated rings. The minimum atomic E-state index is -1.33. The largest absolute Gasteiger partial charge is 0.478 e. The Morgan fingerprint density at radius 1 is 1.14 bits per heavy atom. The van der Waals surface area contributed by atoms with Crippen LogP contribution in [0.25, 0.3) is 0 Å². The van der Waals surface area contributed by atoms with E-state index >= 15 is 0 Å². The van der Waals surface area contributed by atoms with Crippen LogP contribution >= 0.6 is 0 Å². The van der Waals surface area contributed by atoms with Gasteiger partial charge in [-0.3, -0.25) is 14.9 Å². The zero-order valence-corrected chi connectivity index (χ0v) is 11.6. The molecule has 0 aliphatic heterocycles. The summed E-state index contributed by atoms with van der Waals surface area (Å²) in [5, 5.41) is 22.4. The number of anilines is 1. The number of carbonyl (C=O) groups is 2. The van der Waals surface area contributed by atoms with E-state index in [1.807, 2.05) is 13.0 Å². The summed E-state index contributed by atoms with van der Waals surface area (Å²) in [6.45, 7) is 1.84. The van der Waals surface area contributed by atoms with Crippen molar-refractivity contribution < 1.29 is 19.6 Å². The molecule has 0 atom stereocenters. The number of carbonyl (C=O) groups excluding carboxylic acids is 1. The van der Waals surface area contributed by atoms with E-state index in [1.54, 1.807) is 18.2 Å². The number of rotatable bonds is 4. The molecule has 0 aliphatic rings. The normalized spacial score (nSPS) is 10.0. The molecule has 7 heteroatoms. The van der Waals surface area contributed by atoms with Gasteiger partial charge in [0.1, 0.15) is 0 Å². The van der Waals surface area contributed by atoms with Gasteiger partial charge in [0.15, 0.2) is 0 Å². The summed E-state index contributed by atoms with van der Waals surface area (Å²) in [6.07, 6.45) is 0. The maximum atomic E-state index is 12.2. The van der Waals surface area contributed by atoms with Crippen LogP contribution in [0.1, 0.15) is 26.3 Å². The van der Waals surface area contributed by atoms with Crippen molar-refractivity contribution in [2.24, 2.45) is 0 Å². The van der Waals surface area contributed by atoms with Crippen molar-refractivity contribution in [3.63, 3.8) is 0 Å². The molecule has 2 rings (SSSR count). The van der Waals surface area contributed by atoms with Crippen LogP contribution in [-0.2, 0) is 0 Å². The maximum Gasteiger partial charge on any atom is 0.336 e. The fraction of sp³-hybridized carbons (Fsp3) is 0.0667. The Labute approximate surface area is 125 Å². The molecule has 0 bridgehead atoms. The fourth-order valence-electron chi connectivity index (χ4n) is 1.94. The summed E-state index contributed by atoms with van der Waals surface area (Å²) in [6, 6.07) is 9.97. The van der Waals surface area contributed by atoms with Gasteiger partial charge in [0.05, 0.1) is 16.1 Å². The lowest BCUT2D eigenvalue weighted by atomic mass is 10.1. The van der Waals surface area contributed by atoms with Crippen LogP contribution in [0.2, 0.25) is 0 Å². The van der Waals surface area contributed by atoms with Crippen molar-refractivity contribution >= 4 is 23.3 Å². The van der Waals surface area contributed by atoms with E-state index in [1.165, 1.54) is 0 Å². The van der Waals surface area contributed by atoms with E-state index in [0.29, 0.717) is 5.69 Å². The molecule has 7 nitrogen and oxygen atoms in total. The van der Waals surface area contributed by atoms with E-state index in [2.05, 4.69) is 5.32 Å². The first-order valence-corrected chi connectivity index (χ1v) is 6.28. The van der Waals surface area contributed by atoms with Crippen LogP contribution in [0.3, 0.4) is 0 Å². The number of carboxylic acid groups (broad SMARTS) is 1. The van der Waals surface area contributed by atoms with E-state index in [-0.39, 0.29) is 16.8 Å². The molecule has 0 aliphatic carbocycles. The number of carboxylic acids is 1. The van der Waals surface area contributed by atoms with E-state index < -0.39 is 16.8 Å². The highest BCUT2D eigenvalue weighted by molar-refractivity contribution is 6.11. The first kappa shape index (κ1) is 15.2. The Morgan fingerprint density at radius 3 is 2.45 bits per heavy atom. The first-order valence-electron chi connectivity index (χ1n) is 6.28. The Kier molecular flexibility index (Phi) is 4.17. The smallest absolute Gasteiger partial charge is 0.336 e. The third-order valence-corrected chi connectivity index (χ3v) is 2.96. The Bertz CT molecular complexity index is 770. The summed E-state index contributed by atoms with van der Waals surface area (Å²) in [5.41, 5.74) is 0.487. The standard InChI is InChI=1S/C15H12N2O5/c1-9-3-2-4-10(7-9)16-14(18)13-8-11(17(21)22)5-6-12(13)15(19)20/h2-8H,1H3,(H,16,18)(H,19,20). The summed E-state index contributed by atoms with van der Waals surface area (Å²) >= 11 is 0. The molecule has 112 valence electrons. The molecule has 2 N–H and O–H groups in total. The lowest BCUT2D eigenvalue weighted by molar-refractivity contribution is -0.384. The number of hydrogen-bond donors (Lipinski definition) is 2. The van der Waals surface area contributed by atoms with Gasteiger partial charge in [0.2, 0.25) is 0 Å². The third-order valence-electron chi connectivity index (χ3n) is 2.96. The summed E-state index contributed by atoms with van der Waals surface area (Å²) in [4.78, 5) is 33.5. The average Bonchev–Trinajstić information content (AvgIpc) is 2.46. The molecule has 0 spiro atoms. The number of hydrogen-bond acceptors (Lipinski definition) is 4. The van der Waals surface area contributed by atoms with Gasteiger partial charge in [0, 0.05) is 17.8 Å². The van der Waals surface area contributed by atoms with Crippen LogP contribution < -0.4 is 5.32 Å². The monoisotopic (exact) mass is 300 g/mol. The SMILES string of the molecule is Cc1cccc(NC(=O)c2cc([N+](=O)[O-])ccc2C(=O)O)c1. The molecule has 2 aromatic rings. The number of nitrogens with zero attached hydrogens (tertiary/aromatic N) is 1. The summed E-state index contributed by atoms with van der Waals surface area (Å²) < 4.78 is 0. The van der Waals surface area contributed by atoms with Crippen molar-refractivity contribution in [2.45, 2.75) is 6.92 Å². The fourth-order valence-corrected chi connectivity index (χ4v) is 1.94. The van der Waals surface area contributed by atoms with Gasteiger partial charge in [-0.05, 0) is 30.7 Å². The predicted octanol–water partition coefficient (Wildman–Crippen LogP) is 2.85. The van der Waals surface area contributed by atoms with Crippen molar-refractivity contribution in [3.8, 4) is 0 Å². The molecule has 2 aromatic carbocycles. The topological polar surface area (TPSA) is 110 Å². The number of nitro groups is 1. The number of aryl methyl sites for hydroxylation is 1. The summed E-state index contributed by atoms with van der Waals surface area (Å²) in [7, 11) is 0.